The topological polar surface area (TPSA) is 70.6 Å². The number of carbonyl (C=O) groups excluding carboxylic acids is 1. The lowest BCUT2D eigenvalue weighted by Gasteiger charge is -2.23. The summed E-state index contributed by atoms with van der Waals surface area (Å²) in [6.45, 7) is 12.3. The van der Waals surface area contributed by atoms with Crippen molar-refractivity contribution in [1.82, 2.24) is 10.6 Å². The second-order valence-electron chi connectivity index (χ2n) is 7.87. The quantitative estimate of drug-likeness (QED) is 0.784. The maximum Gasteiger partial charge on any atom is 0.407 e. The molecule has 0 radical (unpaired) electrons. The van der Waals surface area contributed by atoms with Gasteiger partial charge < -0.3 is 20.5 Å². The molecule has 0 aromatic heterocycles. The molecule has 0 spiro atoms. The number of benzene rings is 1. The number of hydrogen-bond donors (Lipinski definition) is 3. The minimum Gasteiger partial charge on any atom is -0.508 e. The Hall–Kier alpha value is -1.75. The summed E-state index contributed by atoms with van der Waals surface area (Å²) in [5.74, 6) is 0.764. The van der Waals surface area contributed by atoms with Crippen LogP contribution in [0.15, 0.2) is 12.1 Å². The van der Waals surface area contributed by atoms with Crippen molar-refractivity contribution < 1.29 is 14.6 Å². The summed E-state index contributed by atoms with van der Waals surface area (Å²) in [6, 6.07) is 3.91. The van der Waals surface area contributed by atoms with E-state index in [1.807, 2.05) is 33.8 Å². The van der Waals surface area contributed by atoms with E-state index in [0.29, 0.717) is 18.2 Å². The van der Waals surface area contributed by atoms with Crippen LogP contribution in [-0.4, -0.2) is 29.4 Å². The van der Waals surface area contributed by atoms with E-state index in [2.05, 4.69) is 24.5 Å². The summed E-state index contributed by atoms with van der Waals surface area (Å²) >= 11 is 0. The van der Waals surface area contributed by atoms with Crippen LogP contribution in [0.1, 0.15) is 69.7 Å². The lowest BCUT2D eigenvalue weighted by molar-refractivity contribution is 0.0522. The van der Waals surface area contributed by atoms with Crippen molar-refractivity contribution in [1.29, 1.82) is 0 Å². The van der Waals surface area contributed by atoms with Crippen LogP contribution >= 0.6 is 0 Å². The second kappa shape index (κ2) is 7.01. The molecular formula is C19H30N2O3. The third-order valence-corrected chi connectivity index (χ3v) is 4.35. The maximum atomic E-state index is 11.7. The first-order valence-electron chi connectivity index (χ1n) is 8.63. The van der Waals surface area contributed by atoms with Crippen LogP contribution in [0.3, 0.4) is 0 Å². The third-order valence-electron chi connectivity index (χ3n) is 4.35. The highest BCUT2D eigenvalue weighted by Crippen LogP contribution is 2.45. The fourth-order valence-electron chi connectivity index (χ4n) is 3.45. The van der Waals surface area contributed by atoms with Crippen molar-refractivity contribution in [3.63, 3.8) is 0 Å². The molecule has 2 rings (SSSR count). The van der Waals surface area contributed by atoms with Crippen LogP contribution in [0.5, 0.6) is 5.75 Å². The number of hydrogen-bond acceptors (Lipinski definition) is 4. The molecular weight excluding hydrogens is 304 g/mol. The summed E-state index contributed by atoms with van der Waals surface area (Å²) in [7, 11) is 0. The van der Waals surface area contributed by atoms with Gasteiger partial charge in [-0.3, -0.25) is 0 Å². The number of fused-ring (bicyclic) bond motifs is 1. The molecule has 0 saturated heterocycles. The molecule has 0 heterocycles. The van der Waals surface area contributed by atoms with Gasteiger partial charge in [-0.15, -0.1) is 0 Å². The summed E-state index contributed by atoms with van der Waals surface area (Å²) in [4.78, 5) is 11.7. The molecule has 5 nitrogen and oxygen atoms in total. The van der Waals surface area contributed by atoms with Gasteiger partial charge in [0.25, 0.3) is 0 Å². The van der Waals surface area contributed by atoms with Gasteiger partial charge in [0.05, 0.1) is 0 Å². The predicted octanol–water partition coefficient (Wildman–Crippen LogP) is 3.75. The standard InChI is InChI=1S/C19H30N2O3/c1-11-7-8-15(22)17-14(9-12(2)16(11)17)21-13(3)10-20-18(23)24-19(4,5)6/h7-8,12-14,21-22H,9-10H2,1-6H3,(H,20,23). The van der Waals surface area contributed by atoms with Gasteiger partial charge in [-0.1, -0.05) is 13.0 Å². The Morgan fingerprint density at radius 3 is 2.67 bits per heavy atom. The van der Waals surface area contributed by atoms with Gasteiger partial charge in [-0.25, -0.2) is 4.79 Å². The number of ether oxygens (including phenoxy) is 1. The normalized spacial score (nSPS) is 21.2. The zero-order valence-electron chi connectivity index (χ0n) is 15.6. The van der Waals surface area contributed by atoms with Crippen LogP contribution < -0.4 is 10.6 Å². The van der Waals surface area contributed by atoms with Gasteiger partial charge in [-0.2, -0.15) is 0 Å². The number of aromatic hydroxyl groups is 1. The van der Waals surface area contributed by atoms with Crippen LogP contribution in [0.25, 0.3) is 0 Å². The molecule has 1 aromatic rings. The first kappa shape index (κ1) is 18.6. The predicted molar refractivity (Wildman–Crippen MR) is 95.5 cm³/mol. The lowest BCUT2D eigenvalue weighted by Crippen LogP contribution is -2.42. The first-order valence-corrected chi connectivity index (χ1v) is 8.63. The monoisotopic (exact) mass is 334 g/mol. The highest BCUT2D eigenvalue weighted by atomic mass is 16.6. The van der Waals surface area contributed by atoms with E-state index in [1.54, 1.807) is 6.07 Å². The molecule has 1 amide bonds. The van der Waals surface area contributed by atoms with Gasteiger partial charge in [0.1, 0.15) is 11.4 Å². The first-order chi connectivity index (χ1) is 11.1. The van der Waals surface area contributed by atoms with Crippen molar-refractivity contribution in [2.75, 3.05) is 6.54 Å². The minimum atomic E-state index is -0.496. The molecule has 0 saturated carbocycles. The van der Waals surface area contributed by atoms with Crippen molar-refractivity contribution >= 4 is 6.09 Å². The summed E-state index contributed by atoms with van der Waals surface area (Å²) in [5.41, 5.74) is 2.98. The van der Waals surface area contributed by atoms with Gasteiger partial charge in [-0.05, 0) is 64.2 Å². The molecule has 3 N–H and O–H groups in total. The lowest BCUT2D eigenvalue weighted by atomic mass is 9.97. The molecule has 5 heteroatoms. The number of carbonyl (C=O) groups is 1. The van der Waals surface area contributed by atoms with E-state index >= 15 is 0 Å². The van der Waals surface area contributed by atoms with E-state index in [0.717, 1.165) is 12.0 Å². The Kier molecular flexibility index (Phi) is 5.43. The van der Waals surface area contributed by atoms with Crippen molar-refractivity contribution in [3.05, 3.63) is 28.8 Å². The second-order valence-corrected chi connectivity index (χ2v) is 7.87. The van der Waals surface area contributed by atoms with Gasteiger partial charge in [0.2, 0.25) is 0 Å². The number of amides is 1. The van der Waals surface area contributed by atoms with Crippen molar-refractivity contribution in [2.45, 2.75) is 71.6 Å². The zero-order valence-corrected chi connectivity index (χ0v) is 15.6. The average Bonchev–Trinajstić information content (AvgIpc) is 2.77. The van der Waals surface area contributed by atoms with Crippen LogP contribution in [0, 0.1) is 6.92 Å². The number of nitrogens with one attached hydrogen (secondary N) is 2. The smallest absolute Gasteiger partial charge is 0.407 e. The van der Waals surface area contributed by atoms with E-state index in [-0.39, 0.29) is 12.1 Å². The van der Waals surface area contributed by atoms with Gasteiger partial charge in [0.15, 0.2) is 0 Å². The van der Waals surface area contributed by atoms with E-state index < -0.39 is 11.7 Å². The number of phenolic OH excluding ortho intramolecular Hbond substituents is 1. The molecule has 1 aromatic carbocycles. The number of phenols is 1. The number of aryl methyl sites for hydroxylation is 1. The SMILES string of the molecule is Cc1ccc(O)c2c1C(C)CC2NC(C)CNC(=O)OC(C)(C)C. The maximum absolute atomic E-state index is 11.7. The van der Waals surface area contributed by atoms with E-state index in [4.69, 9.17) is 4.74 Å². The molecule has 0 aliphatic heterocycles. The Balaban J connectivity index is 1.96. The Labute approximate surface area is 144 Å². The third kappa shape index (κ3) is 4.41. The molecule has 1 aliphatic carbocycles. The molecule has 3 atom stereocenters. The van der Waals surface area contributed by atoms with Gasteiger partial charge >= 0.3 is 6.09 Å². The zero-order chi connectivity index (χ0) is 18.1. The Bertz CT molecular complexity index is 607. The fourth-order valence-corrected chi connectivity index (χ4v) is 3.45. The van der Waals surface area contributed by atoms with Crippen LogP contribution in [0.2, 0.25) is 0 Å². The van der Waals surface area contributed by atoms with Crippen LogP contribution in [0.4, 0.5) is 4.79 Å². The van der Waals surface area contributed by atoms with E-state index in [9.17, 15) is 9.90 Å². The average molecular weight is 334 g/mol. The molecule has 0 bridgehead atoms. The Morgan fingerprint density at radius 1 is 1.38 bits per heavy atom. The Morgan fingerprint density at radius 2 is 2.04 bits per heavy atom. The highest BCUT2D eigenvalue weighted by Gasteiger charge is 2.32. The molecule has 3 unspecified atom stereocenters. The van der Waals surface area contributed by atoms with E-state index in [1.165, 1.54) is 11.1 Å². The summed E-state index contributed by atoms with van der Waals surface area (Å²) in [5, 5.41) is 16.6. The van der Waals surface area contributed by atoms with Crippen molar-refractivity contribution in [3.8, 4) is 5.75 Å². The summed E-state index contributed by atoms with van der Waals surface area (Å²) in [6.07, 6.45) is 0.542. The molecule has 0 fully saturated rings. The van der Waals surface area contributed by atoms with Crippen molar-refractivity contribution in [2.24, 2.45) is 0 Å². The van der Waals surface area contributed by atoms with Crippen LogP contribution in [-0.2, 0) is 4.74 Å². The molecule has 24 heavy (non-hydrogen) atoms. The molecule has 1 aliphatic rings. The number of alkyl carbamates (subject to hydrolysis) is 1. The largest absolute Gasteiger partial charge is 0.508 e. The highest BCUT2D eigenvalue weighted by molar-refractivity contribution is 5.67. The summed E-state index contributed by atoms with van der Waals surface area (Å²) < 4.78 is 5.25. The number of rotatable bonds is 4. The van der Waals surface area contributed by atoms with Gasteiger partial charge in [0, 0.05) is 24.2 Å². The fraction of sp³-hybridized carbons (Fsp3) is 0.632. The minimum absolute atomic E-state index is 0.0700. The molecule has 134 valence electrons.